The molecule has 0 amide bonds. The highest BCUT2D eigenvalue weighted by Crippen LogP contribution is 2.49. The summed E-state index contributed by atoms with van der Waals surface area (Å²) in [7, 11) is 3.50. The van der Waals surface area contributed by atoms with Gasteiger partial charge in [0.1, 0.15) is 11.5 Å². The number of aromatic nitrogens is 1. The van der Waals surface area contributed by atoms with Crippen molar-refractivity contribution in [3.63, 3.8) is 0 Å². The molecule has 0 bridgehead atoms. The smallest absolute Gasteiger partial charge is 0.119 e. The van der Waals surface area contributed by atoms with Gasteiger partial charge in [-0.05, 0) is 78.7 Å². The van der Waals surface area contributed by atoms with E-state index in [0.29, 0.717) is 5.92 Å². The van der Waals surface area contributed by atoms with Crippen LogP contribution in [0.2, 0.25) is 0 Å². The van der Waals surface area contributed by atoms with Crippen molar-refractivity contribution in [3.05, 3.63) is 95.2 Å². The van der Waals surface area contributed by atoms with E-state index < -0.39 is 0 Å². The summed E-state index contributed by atoms with van der Waals surface area (Å²) in [6, 6.07) is 26.1. The summed E-state index contributed by atoms with van der Waals surface area (Å²) < 4.78 is 11.1. The second kappa shape index (κ2) is 8.52. The SMILES string of the molecule is COc1cccc(CN2CCC3(c4cccc(OC)c4)Cc4[nH]c5ccccc5c4CC3C2)c1. The number of piperidine rings is 1. The van der Waals surface area contributed by atoms with Crippen LogP contribution in [-0.4, -0.2) is 37.2 Å². The quantitative estimate of drug-likeness (QED) is 0.419. The Morgan fingerprint density at radius 1 is 0.941 bits per heavy atom. The number of rotatable bonds is 5. The molecule has 3 aromatic carbocycles. The fourth-order valence-electron chi connectivity index (χ4n) is 6.42. The first-order valence-electron chi connectivity index (χ1n) is 12.3. The highest BCUT2D eigenvalue weighted by Gasteiger charge is 2.48. The molecule has 0 spiro atoms. The van der Waals surface area contributed by atoms with Crippen LogP contribution in [0, 0.1) is 5.92 Å². The average Bonchev–Trinajstić information content (AvgIpc) is 3.24. The lowest BCUT2D eigenvalue weighted by molar-refractivity contribution is 0.0764. The van der Waals surface area contributed by atoms with Crippen LogP contribution < -0.4 is 9.47 Å². The zero-order valence-corrected chi connectivity index (χ0v) is 20.0. The van der Waals surface area contributed by atoms with Crippen molar-refractivity contribution in [2.24, 2.45) is 5.92 Å². The lowest BCUT2D eigenvalue weighted by Crippen LogP contribution is -2.53. The van der Waals surface area contributed by atoms with Gasteiger partial charge in [-0.1, -0.05) is 42.5 Å². The second-order valence-corrected chi connectivity index (χ2v) is 9.93. The second-order valence-electron chi connectivity index (χ2n) is 9.93. The van der Waals surface area contributed by atoms with Gasteiger partial charge in [-0.15, -0.1) is 0 Å². The maximum absolute atomic E-state index is 5.63. The summed E-state index contributed by atoms with van der Waals surface area (Å²) in [6.07, 6.45) is 3.30. The zero-order chi connectivity index (χ0) is 23.1. The summed E-state index contributed by atoms with van der Waals surface area (Å²) in [5.74, 6) is 2.43. The molecule has 0 radical (unpaired) electrons. The number of fused-ring (bicyclic) bond motifs is 4. The van der Waals surface area contributed by atoms with Crippen LogP contribution >= 0.6 is 0 Å². The molecule has 34 heavy (non-hydrogen) atoms. The topological polar surface area (TPSA) is 37.5 Å². The van der Waals surface area contributed by atoms with Crippen LogP contribution in [0.4, 0.5) is 0 Å². The first kappa shape index (κ1) is 21.3. The van der Waals surface area contributed by atoms with Crippen LogP contribution in [0.1, 0.15) is 28.8 Å². The summed E-state index contributed by atoms with van der Waals surface area (Å²) in [6.45, 7) is 3.14. The van der Waals surface area contributed by atoms with Crippen molar-refractivity contribution < 1.29 is 9.47 Å². The third kappa shape index (κ3) is 3.57. The van der Waals surface area contributed by atoms with E-state index in [1.54, 1.807) is 14.2 Å². The molecule has 1 fully saturated rings. The molecule has 1 aliphatic carbocycles. The van der Waals surface area contributed by atoms with Crippen molar-refractivity contribution in [1.82, 2.24) is 9.88 Å². The molecule has 2 aliphatic rings. The third-order valence-electron chi connectivity index (χ3n) is 8.16. The molecule has 2 heterocycles. The zero-order valence-electron chi connectivity index (χ0n) is 20.0. The van der Waals surface area contributed by atoms with Gasteiger partial charge in [0.05, 0.1) is 14.2 Å². The lowest BCUT2D eigenvalue weighted by Gasteiger charge is -2.51. The number of aromatic amines is 1. The highest BCUT2D eigenvalue weighted by atomic mass is 16.5. The Morgan fingerprint density at radius 3 is 2.59 bits per heavy atom. The van der Waals surface area contributed by atoms with Crippen molar-refractivity contribution >= 4 is 10.9 Å². The Labute approximate surface area is 201 Å². The first-order chi connectivity index (χ1) is 16.7. The number of hydrogen-bond acceptors (Lipinski definition) is 3. The van der Waals surface area contributed by atoms with Gasteiger partial charge in [0.25, 0.3) is 0 Å². The summed E-state index contributed by atoms with van der Waals surface area (Å²) >= 11 is 0. The molecule has 1 N–H and O–H groups in total. The fourth-order valence-corrected chi connectivity index (χ4v) is 6.42. The molecular weight excluding hydrogens is 420 g/mol. The standard InChI is InChI=1S/C30H32N2O2/c1-33-24-9-5-7-21(15-24)19-32-14-13-30(22-8-6-10-25(16-22)34-2)18-29-27(17-23(30)20-32)26-11-3-4-12-28(26)31-29/h3-12,15-16,23,31H,13-14,17-20H2,1-2H3. The molecule has 4 aromatic rings. The van der Waals surface area contributed by atoms with Gasteiger partial charge < -0.3 is 14.5 Å². The van der Waals surface area contributed by atoms with Crippen molar-refractivity contribution in [1.29, 1.82) is 0 Å². The van der Waals surface area contributed by atoms with Crippen molar-refractivity contribution in [3.8, 4) is 11.5 Å². The number of hydrogen-bond donors (Lipinski definition) is 1. The van der Waals surface area contributed by atoms with E-state index in [4.69, 9.17) is 9.47 Å². The van der Waals surface area contributed by atoms with Gasteiger partial charge in [-0.2, -0.15) is 0 Å². The molecule has 4 nitrogen and oxygen atoms in total. The fraction of sp³-hybridized carbons (Fsp3) is 0.333. The van der Waals surface area contributed by atoms with E-state index >= 15 is 0 Å². The Balaban J connectivity index is 1.38. The van der Waals surface area contributed by atoms with Gasteiger partial charge in [0.15, 0.2) is 0 Å². The minimum absolute atomic E-state index is 0.118. The van der Waals surface area contributed by atoms with Gasteiger partial charge in [0, 0.05) is 35.1 Å². The number of H-pyrrole nitrogens is 1. The summed E-state index contributed by atoms with van der Waals surface area (Å²) in [5.41, 5.74) is 7.05. The summed E-state index contributed by atoms with van der Waals surface area (Å²) in [4.78, 5) is 6.41. The Bertz CT molecular complexity index is 1330. The molecule has 1 saturated heterocycles. The molecule has 0 saturated carbocycles. The Hall–Kier alpha value is -3.24. The minimum atomic E-state index is 0.118. The predicted molar refractivity (Wildman–Crippen MR) is 137 cm³/mol. The largest absolute Gasteiger partial charge is 0.497 e. The van der Waals surface area contributed by atoms with E-state index in [1.165, 1.54) is 33.3 Å². The lowest BCUT2D eigenvalue weighted by atomic mass is 9.58. The molecule has 174 valence electrons. The number of para-hydroxylation sites is 1. The predicted octanol–water partition coefficient (Wildman–Crippen LogP) is 5.74. The molecule has 1 aromatic heterocycles. The van der Waals surface area contributed by atoms with Crippen LogP contribution in [0.3, 0.4) is 0 Å². The van der Waals surface area contributed by atoms with Gasteiger partial charge in [0.2, 0.25) is 0 Å². The van der Waals surface area contributed by atoms with Crippen LogP contribution in [0.15, 0.2) is 72.8 Å². The number of nitrogens with one attached hydrogen (secondary N) is 1. The summed E-state index contributed by atoms with van der Waals surface area (Å²) in [5, 5.41) is 1.39. The van der Waals surface area contributed by atoms with Gasteiger partial charge >= 0.3 is 0 Å². The van der Waals surface area contributed by atoms with Crippen molar-refractivity contribution in [2.75, 3.05) is 27.3 Å². The van der Waals surface area contributed by atoms with E-state index in [0.717, 1.165) is 50.4 Å². The number of likely N-dealkylation sites (tertiary alicyclic amines) is 1. The van der Waals surface area contributed by atoms with E-state index in [-0.39, 0.29) is 5.41 Å². The molecule has 1 aliphatic heterocycles. The Kier molecular flexibility index (Phi) is 5.34. The first-order valence-corrected chi connectivity index (χ1v) is 12.3. The number of benzene rings is 3. The molecule has 2 atom stereocenters. The minimum Gasteiger partial charge on any atom is -0.497 e. The number of ether oxygens (including phenoxy) is 2. The van der Waals surface area contributed by atoms with Gasteiger partial charge in [-0.25, -0.2) is 0 Å². The average molecular weight is 453 g/mol. The maximum atomic E-state index is 5.63. The van der Waals surface area contributed by atoms with Crippen LogP contribution in [0.5, 0.6) is 11.5 Å². The van der Waals surface area contributed by atoms with E-state index in [1.807, 2.05) is 6.07 Å². The highest BCUT2D eigenvalue weighted by molar-refractivity contribution is 5.85. The molecule has 4 heteroatoms. The van der Waals surface area contributed by atoms with Crippen LogP contribution in [-0.2, 0) is 24.8 Å². The normalized spacial score (nSPS) is 22.2. The molecule has 6 rings (SSSR count). The van der Waals surface area contributed by atoms with Crippen molar-refractivity contribution in [2.45, 2.75) is 31.2 Å². The van der Waals surface area contributed by atoms with E-state index in [2.05, 4.69) is 76.6 Å². The number of nitrogens with zero attached hydrogens (tertiary/aromatic N) is 1. The molecular formula is C30H32N2O2. The maximum Gasteiger partial charge on any atom is 0.119 e. The third-order valence-corrected chi connectivity index (χ3v) is 8.16. The van der Waals surface area contributed by atoms with E-state index in [9.17, 15) is 0 Å². The molecule has 2 unspecified atom stereocenters. The van der Waals surface area contributed by atoms with Crippen LogP contribution in [0.25, 0.3) is 10.9 Å². The Morgan fingerprint density at radius 2 is 1.74 bits per heavy atom. The number of methoxy groups -OCH3 is 2. The van der Waals surface area contributed by atoms with Gasteiger partial charge in [-0.3, -0.25) is 4.90 Å². The monoisotopic (exact) mass is 452 g/mol.